The lowest BCUT2D eigenvalue weighted by atomic mass is 10.2. The molecular formula is C15H23N3O2. The fourth-order valence-corrected chi connectivity index (χ4v) is 1.58. The second-order valence-corrected chi connectivity index (χ2v) is 4.72. The summed E-state index contributed by atoms with van der Waals surface area (Å²) in [6, 6.07) is 9.58. The largest absolute Gasteiger partial charge is 0.354 e. The third-order valence-corrected chi connectivity index (χ3v) is 2.95. The smallest absolute Gasteiger partial charge is 0.315 e. The van der Waals surface area contributed by atoms with Gasteiger partial charge in [-0.15, -0.1) is 0 Å². The monoisotopic (exact) mass is 277 g/mol. The molecule has 3 N–H and O–H groups in total. The summed E-state index contributed by atoms with van der Waals surface area (Å²) in [4.78, 5) is 23.0. The number of amides is 3. The van der Waals surface area contributed by atoms with Crippen LogP contribution in [0.5, 0.6) is 0 Å². The van der Waals surface area contributed by atoms with Crippen LogP contribution in [0.2, 0.25) is 0 Å². The molecule has 3 amide bonds. The Kier molecular flexibility index (Phi) is 7.17. The van der Waals surface area contributed by atoms with Crippen LogP contribution in [-0.2, 0) is 11.3 Å². The molecule has 20 heavy (non-hydrogen) atoms. The first-order valence-electron chi connectivity index (χ1n) is 6.96. The number of nitrogens with one attached hydrogen (secondary N) is 3. The second kappa shape index (κ2) is 8.96. The van der Waals surface area contributed by atoms with E-state index in [0.717, 1.165) is 12.0 Å². The number of hydrogen-bond acceptors (Lipinski definition) is 2. The Morgan fingerprint density at radius 2 is 1.85 bits per heavy atom. The van der Waals surface area contributed by atoms with Gasteiger partial charge in [0.1, 0.15) is 0 Å². The van der Waals surface area contributed by atoms with Crippen molar-refractivity contribution in [3.8, 4) is 0 Å². The van der Waals surface area contributed by atoms with Crippen molar-refractivity contribution < 1.29 is 9.59 Å². The summed E-state index contributed by atoms with van der Waals surface area (Å²) < 4.78 is 0. The number of rotatable bonds is 7. The van der Waals surface area contributed by atoms with Gasteiger partial charge < -0.3 is 16.0 Å². The Morgan fingerprint density at radius 3 is 2.50 bits per heavy atom. The summed E-state index contributed by atoms with van der Waals surface area (Å²) in [5.74, 6) is -0.0392. The summed E-state index contributed by atoms with van der Waals surface area (Å²) in [5.41, 5.74) is 1.04. The van der Waals surface area contributed by atoms with Crippen molar-refractivity contribution in [2.24, 2.45) is 0 Å². The Bertz CT molecular complexity index is 420. The summed E-state index contributed by atoms with van der Waals surface area (Å²) in [6.07, 6.45) is 1.19. The van der Waals surface area contributed by atoms with Crippen molar-refractivity contribution in [1.82, 2.24) is 16.0 Å². The molecule has 0 saturated carbocycles. The highest BCUT2D eigenvalue weighted by Gasteiger charge is 2.06. The van der Waals surface area contributed by atoms with Crippen LogP contribution in [0.4, 0.5) is 4.79 Å². The molecule has 1 aromatic rings. The Hall–Kier alpha value is -2.04. The van der Waals surface area contributed by atoms with Gasteiger partial charge in [-0.25, -0.2) is 4.79 Å². The molecular weight excluding hydrogens is 254 g/mol. The highest BCUT2D eigenvalue weighted by atomic mass is 16.2. The van der Waals surface area contributed by atoms with Gasteiger partial charge in [-0.3, -0.25) is 4.79 Å². The first kappa shape index (κ1) is 16.0. The maximum Gasteiger partial charge on any atom is 0.315 e. The molecule has 0 radical (unpaired) electrons. The van der Waals surface area contributed by atoms with E-state index in [9.17, 15) is 9.59 Å². The Morgan fingerprint density at radius 1 is 1.15 bits per heavy atom. The Balaban J connectivity index is 2.13. The quantitative estimate of drug-likeness (QED) is 0.711. The molecule has 0 aliphatic heterocycles. The molecule has 1 aromatic carbocycles. The zero-order valence-corrected chi connectivity index (χ0v) is 12.1. The van der Waals surface area contributed by atoms with Gasteiger partial charge in [0.15, 0.2) is 0 Å². The molecule has 5 heteroatoms. The maximum atomic E-state index is 11.5. The molecule has 0 aliphatic carbocycles. The van der Waals surface area contributed by atoms with Gasteiger partial charge in [-0.1, -0.05) is 37.3 Å². The van der Waals surface area contributed by atoms with Crippen LogP contribution in [0.25, 0.3) is 0 Å². The van der Waals surface area contributed by atoms with Gasteiger partial charge in [-0.05, 0) is 18.9 Å². The van der Waals surface area contributed by atoms with Crippen molar-refractivity contribution in [3.05, 3.63) is 35.9 Å². The highest BCUT2D eigenvalue weighted by Crippen LogP contribution is 1.96. The molecule has 1 rings (SSSR count). The van der Waals surface area contributed by atoms with E-state index >= 15 is 0 Å². The normalized spacial score (nSPS) is 11.5. The first-order chi connectivity index (χ1) is 9.61. The van der Waals surface area contributed by atoms with E-state index in [1.165, 1.54) is 0 Å². The topological polar surface area (TPSA) is 70.2 Å². The fraction of sp³-hybridized carbons (Fsp3) is 0.467. The predicted molar refractivity (Wildman–Crippen MR) is 79.2 cm³/mol. The predicted octanol–water partition coefficient (Wildman–Crippen LogP) is 1.79. The molecule has 110 valence electrons. The lowest BCUT2D eigenvalue weighted by Gasteiger charge is -2.11. The molecule has 0 unspecified atom stereocenters. The van der Waals surface area contributed by atoms with Gasteiger partial charge in [0.05, 0.1) is 0 Å². The summed E-state index contributed by atoms with van der Waals surface area (Å²) in [5, 5.41) is 8.26. The number of hydrogen-bond donors (Lipinski definition) is 3. The average Bonchev–Trinajstić information content (AvgIpc) is 2.46. The molecule has 0 fully saturated rings. The van der Waals surface area contributed by atoms with E-state index in [1.54, 1.807) is 0 Å². The van der Waals surface area contributed by atoms with E-state index < -0.39 is 0 Å². The van der Waals surface area contributed by atoms with Crippen molar-refractivity contribution >= 4 is 11.9 Å². The number of benzene rings is 1. The van der Waals surface area contributed by atoms with Gasteiger partial charge in [0, 0.05) is 25.6 Å². The number of carbonyl (C=O) groups is 2. The molecule has 0 saturated heterocycles. The lowest BCUT2D eigenvalue weighted by molar-refractivity contribution is -0.121. The highest BCUT2D eigenvalue weighted by molar-refractivity contribution is 5.78. The average molecular weight is 277 g/mol. The van der Waals surface area contributed by atoms with Gasteiger partial charge in [0.25, 0.3) is 0 Å². The van der Waals surface area contributed by atoms with Crippen molar-refractivity contribution in [2.75, 3.05) is 6.54 Å². The minimum absolute atomic E-state index is 0.0392. The second-order valence-electron chi connectivity index (χ2n) is 4.72. The third-order valence-electron chi connectivity index (χ3n) is 2.95. The van der Waals surface area contributed by atoms with E-state index in [2.05, 4.69) is 16.0 Å². The van der Waals surface area contributed by atoms with Crippen LogP contribution >= 0.6 is 0 Å². The maximum absolute atomic E-state index is 11.5. The lowest BCUT2D eigenvalue weighted by Crippen LogP contribution is -2.38. The molecule has 0 bridgehead atoms. The minimum atomic E-state index is -0.259. The van der Waals surface area contributed by atoms with Crippen LogP contribution in [0.1, 0.15) is 32.3 Å². The molecule has 1 atom stereocenters. The zero-order chi connectivity index (χ0) is 14.8. The molecule has 0 spiro atoms. The first-order valence-corrected chi connectivity index (χ1v) is 6.96. The minimum Gasteiger partial charge on any atom is -0.354 e. The molecule has 0 aliphatic rings. The van der Waals surface area contributed by atoms with Crippen LogP contribution in [-0.4, -0.2) is 24.5 Å². The van der Waals surface area contributed by atoms with Crippen LogP contribution in [0, 0.1) is 0 Å². The summed E-state index contributed by atoms with van der Waals surface area (Å²) in [7, 11) is 0. The molecule has 0 heterocycles. The van der Waals surface area contributed by atoms with E-state index in [-0.39, 0.29) is 18.0 Å². The van der Waals surface area contributed by atoms with E-state index in [0.29, 0.717) is 19.5 Å². The third kappa shape index (κ3) is 6.78. The van der Waals surface area contributed by atoms with Crippen molar-refractivity contribution in [2.45, 2.75) is 39.3 Å². The Labute approximate surface area is 120 Å². The zero-order valence-electron chi connectivity index (χ0n) is 12.1. The summed E-state index contributed by atoms with van der Waals surface area (Å²) in [6.45, 7) is 4.78. The van der Waals surface area contributed by atoms with Gasteiger partial charge in [-0.2, -0.15) is 0 Å². The van der Waals surface area contributed by atoms with Gasteiger partial charge in [0.2, 0.25) is 5.91 Å². The van der Waals surface area contributed by atoms with Crippen molar-refractivity contribution in [1.29, 1.82) is 0 Å². The number of carbonyl (C=O) groups excluding carboxylic acids is 2. The molecule has 5 nitrogen and oxygen atoms in total. The summed E-state index contributed by atoms with van der Waals surface area (Å²) >= 11 is 0. The SMILES string of the molecule is CC[C@@H](C)NC(=O)CCNC(=O)NCc1ccccc1. The fourth-order valence-electron chi connectivity index (χ4n) is 1.58. The number of urea groups is 1. The van der Waals surface area contributed by atoms with E-state index in [1.807, 2.05) is 44.2 Å². The van der Waals surface area contributed by atoms with Crippen LogP contribution < -0.4 is 16.0 Å². The molecule has 0 aromatic heterocycles. The van der Waals surface area contributed by atoms with Crippen molar-refractivity contribution in [3.63, 3.8) is 0 Å². The van der Waals surface area contributed by atoms with E-state index in [4.69, 9.17) is 0 Å². The van der Waals surface area contributed by atoms with Crippen LogP contribution in [0.15, 0.2) is 30.3 Å². The van der Waals surface area contributed by atoms with Crippen LogP contribution in [0.3, 0.4) is 0 Å². The standard InChI is InChI=1S/C15H23N3O2/c1-3-12(2)18-14(19)9-10-16-15(20)17-11-13-7-5-4-6-8-13/h4-8,12H,3,9-11H2,1-2H3,(H,18,19)(H2,16,17,20)/t12-/m1/s1. The van der Waals surface area contributed by atoms with Gasteiger partial charge >= 0.3 is 6.03 Å².